The van der Waals surface area contributed by atoms with Crippen molar-refractivity contribution in [2.75, 3.05) is 0 Å². The molecule has 0 saturated heterocycles. The van der Waals surface area contributed by atoms with Crippen LogP contribution in [0, 0.1) is 5.92 Å². The van der Waals surface area contributed by atoms with Gasteiger partial charge in [-0.15, -0.1) is 0 Å². The first-order chi connectivity index (χ1) is 8.74. The van der Waals surface area contributed by atoms with Crippen LogP contribution in [0.4, 0.5) is 0 Å². The van der Waals surface area contributed by atoms with Gasteiger partial charge in [0.25, 0.3) is 0 Å². The number of hydrogen-bond donors (Lipinski definition) is 1. The number of carbonyl (C=O) groups is 1. The van der Waals surface area contributed by atoms with E-state index in [-0.39, 0.29) is 0 Å². The third-order valence-electron chi connectivity index (χ3n) is 3.62. The third kappa shape index (κ3) is 1.90. The third-order valence-corrected chi connectivity index (χ3v) is 3.62. The zero-order valence-electron chi connectivity index (χ0n) is 9.97. The summed E-state index contributed by atoms with van der Waals surface area (Å²) in [6, 6.07) is 0. The van der Waals surface area contributed by atoms with Gasteiger partial charge in [-0.3, -0.25) is 0 Å². The molecule has 2 heteroatoms. The Morgan fingerprint density at radius 1 is 1.22 bits per heavy atom. The SMILES string of the molecule is O=C(O)C1=CCC2=CC=C3C=CC=CC3CC2=C1. The van der Waals surface area contributed by atoms with Gasteiger partial charge in [0.1, 0.15) is 0 Å². The molecule has 0 heterocycles. The Kier molecular flexibility index (Phi) is 2.63. The second-order valence-corrected chi connectivity index (χ2v) is 4.75. The summed E-state index contributed by atoms with van der Waals surface area (Å²) in [6.07, 6.45) is 17.9. The van der Waals surface area contributed by atoms with E-state index >= 15 is 0 Å². The van der Waals surface area contributed by atoms with Crippen molar-refractivity contribution in [1.29, 1.82) is 0 Å². The molecule has 0 aromatic heterocycles. The van der Waals surface area contributed by atoms with E-state index in [1.54, 1.807) is 6.08 Å². The first-order valence-corrected chi connectivity index (χ1v) is 6.14. The fourth-order valence-corrected chi connectivity index (χ4v) is 2.60. The van der Waals surface area contributed by atoms with Crippen molar-refractivity contribution in [1.82, 2.24) is 0 Å². The highest BCUT2D eigenvalue weighted by Crippen LogP contribution is 2.35. The van der Waals surface area contributed by atoms with Gasteiger partial charge in [0, 0.05) is 5.92 Å². The highest BCUT2D eigenvalue weighted by atomic mass is 16.4. The van der Waals surface area contributed by atoms with Crippen molar-refractivity contribution in [2.24, 2.45) is 5.92 Å². The molecule has 0 saturated carbocycles. The molecule has 90 valence electrons. The summed E-state index contributed by atoms with van der Waals surface area (Å²) in [6.45, 7) is 0. The summed E-state index contributed by atoms with van der Waals surface area (Å²) in [5.74, 6) is -0.457. The summed E-state index contributed by atoms with van der Waals surface area (Å²) in [5.41, 5.74) is 4.12. The van der Waals surface area contributed by atoms with Crippen LogP contribution in [0.1, 0.15) is 12.8 Å². The van der Waals surface area contributed by atoms with Gasteiger partial charge in [-0.05, 0) is 35.6 Å². The van der Waals surface area contributed by atoms with Crippen molar-refractivity contribution in [3.8, 4) is 0 Å². The second kappa shape index (κ2) is 4.30. The molecule has 0 aromatic rings. The summed E-state index contributed by atoms with van der Waals surface area (Å²) in [7, 11) is 0. The summed E-state index contributed by atoms with van der Waals surface area (Å²) >= 11 is 0. The van der Waals surface area contributed by atoms with Gasteiger partial charge in [-0.25, -0.2) is 4.79 Å². The predicted molar refractivity (Wildman–Crippen MR) is 71.0 cm³/mol. The maximum absolute atomic E-state index is 11.0. The standard InChI is InChI=1S/C16H14O2/c17-16(18)14-8-7-12-6-5-11-3-1-2-4-13(11)9-15(12)10-14/h1-6,8,10,13H,7,9H2,(H,17,18). The van der Waals surface area contributed by atoms with Crippen molar-refractivity contribution in [3.05, 3.63) is 70.9 Å². The molecule has 18 heavy (non-hydrogen) atoms. The minimum atomic E-state index is -0.835. The Hall–Kier alpha value is -2.09. The van der Waals surface area contributed by atoms with Crippen molar-refractivity contribution < 1.29 is 9.90 Å². The number of hydrogen-bond acceptors (Lipinski definition) is 1. The molecule has 2 nitrogen and oxygen atoms in total. The van der Waals surface area contributed by atoms with Crippen LogP contribution in [0.25, 0.3) is 0 Å². The predicted octanol–water partition coefficient (Wildman–Crippen LogP) is 3.33. The van der Waals surface area contributed by atoms with Gasteiger partial charge in [0.15, 0.2) is 0 Å². The fourth-order valence-electron chi connectivity index (χ4n) is 2.60. The van der Waals surface area contributed by atoms with Crippen LogP contribution in [-0.2, 0) is 4.79 Å². The van der Waals surface area contributed by atoms with Crippen molar-refractivity contribution in [3.63, 3.8) is 0 Å². The molecule has 3 rings (SSSR count). The van der Waals surface area contributed by atoms with Crippen LogP contribution < -0.4 is 0 Å². The van der Waals surface area contributed by atoms with Gasteiger partial charge >= 0.3 is 5.97 Å². The normalized spacial score (nSPS) is 25.0. The molecule has 0 spiro atoms. The van der Waals surface area contributed by atoms with Crippen molar-refractivity contribution >= 4 is 5.97 Å². The molecule has 0 amide bonds. The molecule has 0 radical (unpaired) electrons. The van der Waals surface area contributed by atoms with Crippen LogP contribution in [0.15, 0.2) is 70.9 Å². The van der Waals surface area contributed by atoms with E-state index in [2.05, 4.69) is 30.4 Å². The summed E-state index contributed by atoms with van der Waals surface area (Å²) in [5, 5.41) is 9.06. The topological polar surface area (TPSA) is 37.3 Å². The number of fused-ring (bicyclic) bond motifs is 2. The van der Waals surface area contributed by atoms with Crippen LogP contribution in [0.2, 0.25) is 0 Å². The molecule has 1 atom stereocenters. The molecule has 1 N–H and O–H groups in total. The lowest BCUT2D eigenvalue weighted by atomic mass is 9.85. The average molecular weight is 238 g/mol. The Balaban J connectivity index is 1.96. The molecule has 1 unspecified atom stereocenters. The zero-order valence-corrected chi connectivity index (χ0v) is 9.97. The van der Waals surface area contributed by atoms with E-state index in [4.69, 9.17) is 5.11 Å². The van der Waals surface area contributed by atoms with E-state index in [0.29, 0.717) is 11.5 Å². The quantitative estimate of drug-likeness (QED) is 0.760. The van der Waals surface area contributed by atoms with E-state index in [0.717, 1.165) is 18.4 Å². The smallest absolute Gasteiger partial charge is 0.335 e. The average Bonchev–Trinajstić information content (AvgIpc) is 2.56. The van der Waals surface area contributed by atoms with Crippen LogP contribution >= 0.6 is 0 Å². The first-order valence-electron chi connectivity index (χ1n) is 6.14. The first kappa shape index (κ1) is 11.0. The lowest BCUT2D eigenvalue weighted by Gasteiger charge is -2.19. The Labute approximate surface area is 106 Å². The van der Waals surface area contributed by atoms with Gasteiger partial charge in [-0.1, -0.05) is 42.5 Å². The highest BCUT2D eigenvalue weighted by molar-refractivity contribution is 5.91. The monoisotopic (exact) mass is 238 g/mol. The van der Waals surface area contributed by atoms with E-state index < -0.39 is 5.97 Å². The molecule has 0 fully saturated rings. The van der Waals surface area contributed by atoms with Crippen LogP contribution in [0.3, 0.4) is 0 Å². The van der Waals surface area contributed by atoms with E-state index in [1.165, 1.54) is 11.1 Å². The highest BCUT2D eigenvalue weighted by Gasteiger charge is 2.21. The molecule has 3 aliphatic carbocycles. The maximum atomic E-state index is 11.0. The van der Waals surface area contributed by atoms with Crippen molar-refractivity contribution in [2.45, 2.75) is 12.8 Å². The Morgan fingerprint density at radius 3 is 2.94 bits per heavy atom. The lowest BCUT2D eigenvalue weighted by molar-refractivity contribution is -0.132. The van der Waals surface area contributed by atoms with Gasteiger partial charge in [0.05, 0.1) is 5.57 Å². The largest absolute Gasteiger partial charge is 0.478 e. The number of carboxylic acids is 1. The van der Waals surface area contributed by atoms with Crippen LogP contribution in [-0.4, -0.2) is 11.1 Å². The van der Waals surface area contributed by atoms with Gasteiger partial charge < -0.3 is 5.11 Å². The lowest BCUT2D eigenvalue weighted by Crippen LogP contribution is -2.07. The Bertz CT molecular complexity index is 580. The molecule has 0 aromatic carbocycles. The van der Waals surface area contributed by atoms with E-state index in [1.807, 2.05) is 12.2 Å². The second-order valence-electron chi connectivity index (χ2n) is 4.75. The minimum Gasteiger partial charge on any atom is -0.478 e. The number of aliphatic carboxylic acids is 1. The molecule has 0 bridgehead atoms. The summed E-state index contributed by atoms with van der Waals surface area (Å²) in [4.78, 5) is 11.0. The number of rotatable bonds is 1. The van der Waals surface area contributed by atoms with E-state index in [9.17, 15) is 4.79 Å². The molecular formula is C16H14O2. The maximum Gasteiger partial charge on any atom is 0.335 e. The summed E-state index contributed by atoms with van der Waals surface area (Å²) < 4.78 is 0. The zero-order chi connectivity index (χ0) is 12.5. The molecule has 3 aliphatic rings. The van der Waals surface area contributed by atoms with Crippen LogP contribution in [0.5, 0.6) is 0 Å². The Morgan fingerprint density at radius 2 is 2.11 bits per heavy atom. The van der Waals surface area contributed by atoms with Gasteiger partial charge in [-0.2, -0.15) is 0 Å². The molecule has 0 aliphatic heterocycles. The number of carboxylic acid groups (broad SMARTS) is 1. The number of allylic oxidation sites excluding steroid dienone is 10. The fraction of sp³-hybridized carbons (Fsp3) is 0.188. The van der Waals surface area contributed by atoms with Gasteiger partial charge in [0.2, 0.25) is 0 Å². The minimum absolute atomic E-state index is 0.378. The molecular weight excluding hydrogens is 224 g/mol.